The molecule has 0 spiro atoms. The minimum absolute atomic E-state index is 0.218. The summed E-state index contributed by atoms with van der Waals surface area (Å²) >= 11 is 0. The highest BCUT2D eigenvalue weighted by atomic mass is 16.7. The molecular formula is C26H46O10. The molecule has 0 aliphatic carbocycles. The molecule has 36 heavy (non-hydrogen) atoms. The minimum Gasteiger partial charge on any atom is -0.462 e. The molecule has 6 atom stereocenters. The molecule has 1 saturated heterocycles. The van der Waals surface area contributed by atoms with E-state index in [0.29, 0.717) is 12.8 Å². The maximum atomic E-state index is 12.4. The van der Waals surface area contributed by atoms with Crippen molar-refractivity contribution in [1.29, 1.82) is 0 Å². The molecule has 1 heterocycles. The first-order valence-electron chi connectivity index (χ1n) is 13.2. The van der Waals surface area contributed by atoms with E-state index < -0.39 is 55.4 Å². The van der Waals surface area contributed by atoms with Crippen LogP contribution in [0.15, 0.2) is 12.2 Å². The predicted molar refractivity (Wildman–Crippen MR) is 132 cm³/mol. The van der Waals surface area contributed by atoms with E-state index in [4.69, 9.17) is 18.9 Å². The summed E-state index contributed by atoms with van der Waals surface area (Å²) in [5.41, 5.74) is 0. The zero-order chi connectivity index (χ0) is 26.8. The minimum atomic E-state index is -1.59. The van der Waals surface area contributed by atoms with Gasteiger partial charge in [0.2, 0.25) is 0 Å². The predicted octanol–water partition coefficient (Wildman–Crippen LogP) is 2.15. The van der Waals surface area contributed by atoms with Crippen molar-refractivity contribution in [3.8, 4) is 0 Å². The Hall–Kier alpha value is -1.56. The van der Waals surface area contributed by atoms with E-state index in [1.54, 1.807) is 0 Å². The Morgan fingerprint density at radius 3 is 2.25 bits per heavy atom. The van der Waals surface area contributed by atoms with Crippen LogP contribution in [0.3, 0.4) is 0 Å². The summed E-state index contributed by atoms with van der Waals surface area (Å²) in [6, 6.07) is 0. The Balaban J connectivity index is 2.54. The van der Waals surface area contributed by atoms with Gasteiger partial charge in [0.25, 0.3) is 0 Å². The first-order chi connectivity index (χ1) is 17.3. The number of aliphatic hydroxyl groups is 4. The number of carbonyl (C=O) groups is 2. The average Bonchev–Trinajstić information content (AvgIpc) is 2.87. The number of ether oxygens (including phenoxy) is 4. The van der Waals surface area contributed by atoms with Crippen LogP contribution in [-0.4, -0.2) is 89.0 Å². The van der Waals surface area contributed by atoms with E-state index in [0.717, 1.165) is 44.9 Å². The number of hydrogen-bond acceptors (Lipinski definition) is 10. The van der Waals surface area contributed by atoms with Crippen molar-refractivity contribution in [1.82, 2.24) is 0 Å². The summed E-state index contributed by atoms with van der Waals surface area (Å²) in [6.45, 7) is 2.94. The van der Waals surface area contributed by atoms with Crippen LogP contribution in [0.25, 0.3) is 0 Å². The first kappa shape index (κ1) is 32.5. The molecule has 210 valence electrons. The third-order valence-electron chi connectivity index (χ3n) is 6.00. The van der Waals surface area contributed by atoms with Crippen molar-refractivity contribution < 1.29 is 49.0 Å². The summed E-state index contributed by atoms with van der Waals surface area (Å²) in [5.74, 6) is -0.858. The Kier molecular flexibility index (Phi) is 17.6. The van der Waals surface area contributed by atoms with Crippen molar-refractivity contribution in [2.24, 2.45) is 0 Å². The molecule has 4 N–H and O–H groups in total. The largest absolute Gasteiger partial charge is 0.462 e. The molecule has 1 rings (SSSR count). The molecule has 0 aromatic heterocycles. The lowest BCUT2D eigenvalue weighted by Gasteiger charge is -2.39. The van der Waals surface area contributed by atoms with Crippen molar-refractivity contribution >= 4 is 11.9 Å². The van der Waals surface area contributed by atoms with E-state index >= 15 is 0 Å². The van der Waals surface area contributed by atoms with Crippen LogP contribution in [0.1, 0.15) is 84.5 Å². The first-order valence-corrected chi connectivity index (χ1v) is 13.2. The topological polar surface area (TPSA) is 152 Å². The van der Waals surface area contributed by atoms with Gasteiger partial charge in [-0.1, -0.05) is 51.2 Å². The molecule has 1 aliphatic heterocycles. The van der Waals surface area contributed by atoms with Gasteiger partial charge in [0.15, 0.2) is 12.4 Å². The second kappa shape index (κ2) is 19.5. The Morgan fingerprint density at radius 2 is 1.56 bits per heavy atom. The van der Waals surface area contributed by atoms with Crippen LogP contribution in [0.5, 0.6) is 0 Å². The Bertz CT molecular complexity index is 624. The number of hydrogen-bond donors (Lipinski definition) is 4. The molecule has 0 saturated carbocycles. The molecule has 0 unspecified atom stereocenters. The van der Waals surface area contributed by atoms with E-state index in [1.807, 2.05) is 19.9 Å². The lowest BCUT2D eigenvalue weighted by atomic mass is 9.99. The van der Waals surface area contributed by atoms with Gasteiger partial charge in [-0.15, -0.1) is 0 Å². The number of esters is 2. The van der Waals surface area contributed by atoms with Gasteiger partial charge in [0.1, 0.15) is 31.0 Å². The van der Waals surface area contributed by atoms with Crippen LogP contribution >= 0.6 is 0 Å². The van der Waals surface area contributed by atoms with Crippen molar-refractivity contribution in [3.63, 3.8) is 0 Å². The number of rotatable bonds is 19. The van der Waals surface area contributed by atoms with E-state index in [1.165, 1.54) is 0 Å². The van der Waals surface area contributed by atoms with E-state index in [-0.39, 0.29) is 26.1 Å². The maximum Gasteiger partial charge on any atom is 0.306 e. The van der Waals surface area contributed by atoms with Crippen LogP contribution in [-0.2, 0) is 28.5 Å². The summed E-state index contributed by atoms with van der Waals surface area (Å²) in [7, 11) is 0. The molecule has 1 aliphatic rings. The van der Waals surface area contributed by atoms with Crippen LogP contribution in [0, 0.1) is 0 Å². The van der Waals surface area contributed by atoms with Gasteiger partial charge in [-0.3, -0.25) is 9.59 Å². The number of carbonyl (C=O) groups excluding carboxylic acids is 2. The van der Waals surface area contributed by atoms with Gasteiger partial charge in [-0.25, -0.2) is 0 Å². The monoisotopic (exact) mass is 518 g/mol. The third kappa shape index (κ3) is 13.1. The summed E-state index contributed by atoms with van der Waals surface area (Å²) in [5, 5.41) is 39.3. The van der Waals surface area contributed by atoms with Gasteiger partial charge in [-0.05, 0) is 32.6 Å². The van der Waals surface area contributed by atoms with Crippen molar-refractivity contribution in [2.75, 3.05) is 19.8 Å². The van der Waals surface area contributed by atoms with Crippen LogP contribution in [0.4, 0.5) is 0 Å². The lowest BCUT2D eigenvalue weighted by molar-refractivity contribution is -0.305. The average molecular weight is 519 g/mol. The number of unbranched alkanes of at least 4 members (excludes halogenated alkanes) is 7. The molecular weight excluding hydrogens is 472 g/mol. The zero-order valence-electron chi connectivity index (χ0n) is 21.8. The SMILES string of the molecule is C/C=C/CCCCCCCC(=O)O[C@H](COC(=O)CCCCC)CO[C@@H]1O[C@H](CO)[C@H](O)[C@H](O)[C@H]1O. The molecule has 0 aromatic carbocycles. The van der Waals surface area contributed by atoms with Gasteiger partial charge in [0, 0.05) is 12.8 Å². The second-order valence-electron chi connectivity index (χ2n) is 9.16. The highest BCUT2D eigenvalue weighted by molar-refractivity contribution is 5.70. The fraction of sp³-hybridized carbons (Fsp3) is 0.846. The quantitative estimate of drug-likeness (QED) is 0.114. The highest BCUT2D eigenvalue weighted by Gasteiger charge is 2.44. The molecule has 0 bridgehead atoms. The van der Waals surface area contributed by atoms with Crippen molar-refractivity contribution in [3.05, 3.63) is 12.2 Å². The van der Waals surface area contributed by atoms with Gasteiger partial charge in [-0.2, -0.15) is 0 Å². The fourth-order valence-corrected chi connectivity index (χ4v) is 3.77. The summed E-state index contributed by atoms with van der Waals surface area (Å²) in [4.78, 5) is 24.4. The van der Waals surface area contributed by atoms with Crippen LogP contribution in [0.2, 0.25) is 0 Å². The molecule has 0 radical (unpaired) electrons. The molecule has 0 amide bonds. The Morgan fingerprint density at radius 1 is 0.889 bits per heavy atom. The van der Waals surface area contributed by atoms with E-state index in [9.17, 15) is 30.0 Å². The molecule has 10 heteroatoms. The second-order valence-corrected chi connectivity index (χ2v) is 9.16. The van der Waals surface area contributed by atoms with E-state index in [2.05, 4.69) is 6.08 Å². The summed E-state index contributed by atoms with van der Waals surface area (Å²) < 4.78 is 21.5. The summed E-state index contributed by atoms with van der Waals surface area (Å²) in [6.07, 6.45) is 5.02. The highest BCUT2D eigenvalue weighted by Crippen LogP contribution is 2.22. The fourth-order valence-electron chi connectivity index (χ4n) is 3.77. The van der Waals surface area contributed by atoms with Crippen molar-refractivity contribution in [2.45, 2.75) is 121 Å². The standard InChI is InChI=1S/C26H46O10/c1-3-5-7-8-9-10-11-13-15-22(29)35-19(17-33-21(28)14-12-6-4-2)18-34-26-25(32)24(31)23(30)20(16-27)36-26/h3,5,19-20,23-27,30-32H,4,6-18H2,1-2H3/b5-3+/t19-,20-,23+,24+,25-,26-/m1/s1. The normalized spacial score (nSPS) is 25.1. The lowest BCUT2D eigenvalue weighted by Crippen LogP contribution is -2.59. The molecule has 0 aromatic rings. The zero-order valence-corrected chi connectivity index (χ0v) is 21.8. The van der Waals surface area contributed by atoms with Crippen LogP contribution < -0.4 is 0 Å². The number of aliphatic hydroxyl groups excluding tert-OH is 4. The molecule has 1 fully saturated rings. The van der Waals surface area contributed by atoms with Gasteiger partial charge >= 0.3 is 11.9 Å². The Labute approximate surface area is 214 Å². The molecule has 10 nitrogen and oxygen atoms in total. The maximum absolute atomic E-state index is 12.4. The smallest absolute Gasteiger partial charge is 0.306 e. The van der Waals surface area contributed by atoms with Gasteiger partial charge < -0.3 is 39.4 Å². The third-order valence-corrected chi connectivity index (χ3v) is 6.00. The number of allylic oxidation sites excluding steroid dienone is 2. The van der Waals surface area contributed by atoms with Gasteiger partial charge in [0.05, 0.1) is 13.2 Å².